The zero-order chi connectivity index (χ0) is 18.9. The van der Waals surface area contributed by atoms with Crippen LogP contribution in [0, 0.1) is 0 Å². The van der Waals surface area contributed by atoms with Crippen LogP contribution in [0.4, 0.5) is 5.69 Å². The first-order valence-corrected chi connectivity index (χ1v) is 9.58. The number of guanidine groups is 1. The van der Waals surface area contributed by atoms with E-state index in [-0.39, 0.29) is 12.5 Å². The number of aryl methyl sites for hydroxylation is 1. The van der Waals surface area contributed by atoms with E-state index >= 15 is 0 Å². The first kappa shape index (κ1) is 18.9. The Bertz CT molecular complexity index is 775. The molecule has 0 fully saturated rings. The summed E-state index contributed by atoms with van der Waals surface area (Å²) in [5.41, 5.74) is 3.29. The van der Waals surface area contributed by atoms with Crippen molar-refractivity contribution in [2.24, 2.45) is 4.99 Å². The zero-order valence-electron chi connectivity index (χ0n) is 15.8. The number of hydrogen-bond donors (Lipinski definition) is 2. The molecule has 1 aromatic heterocycles. The summed E-state index contributed by atoms with van der Waals surface area (Å²) in [6.45, 7) is 4.36. The average molecular weight is 365 g/mol. The highest BCUT2D eigenvalue weighted by molar-refractivity contribution is 5.97. The van der Waals surface area contributed by atoms with Gasteiger partial charge in [-0.2, -0.15) is 0 Å². The second-order valence-corrected chi connectivity index (χ2v) is 6.47. The van der Waals surface area contributed by atoms with Crippen molar-refractivity contribution in [3.8, 4) is 0 Å². The molecule has 0 unspecified atom stereocenters. The summed E-state index contributed by atoms with van der Waals surface area (Å²) in [7, 11) is 0. The number of fused-ring (bicyclic) bond motifs is 1. The van der Waals surface area contributed by atoms with E-state index < -0.39 is 0 Å². The first-order valence-electron chi connectivity index (χ1n) is 9.58. The molecule has 0 radical (unpaired) electrons. The monoisotopic (exact) mass is 365 g/mol. The molecule has 27 heavy (non-hydrogen) atoms. The van der Waals surface area contributed by atoms with Gasteiger partial charge in [0, 0.05) is 43.6 Å². The largest absolute Gasteiger partial charge is 0.357 e. The fourth-order valence-corrected chi connectivity index (χ4v) is 3.22. The number of aliphatic imine (C=N–C) groups is 1. The Morgan fingerprint density at radius 2 is 2.04 bits per heavy atom. The number of carbonyl (C=O) groups is 1. The summed E-state index contributed by atoms with van der Waals surface area (Å²) in [5, 5.41) is 6.47. The summed E-state index contributed by atoms with van der Waals surface area (Å²) >= 11 is 0. The maximum atomic E-state index is 12.7. The van der Waals surface area contributed by atoms with Gasteiger partial charge in [-0.05, 0) is 43.5 Å². The third-order valence-electron chi connectivity index (χ3n) is 4.53. The van der Waals surface area contributed by atoms with Gasteiger partial charge < -0.3 is 15.5 Å². The van der Waals surface area contributed by atoms with E-state index in [1.165, 1.54) is 5.56 Å². The number of nitrogens with zero attached hydrogens (tertiary/aromatic N) is 3. The van der Waals surface area contributed by atoms with E-state index in [0.717, 1.165) is 43.7 Å². The topological polar surface area (TPSA) is 69.6 Å². The van der Waals surface area contributed by atoms with Gasteiger partial charge in [0.1, 0.15) is 6.54 Å². The highest BCUT2D eigenvalue weighted by Gasteiger charge is 2.21. The number of benzene rings is 1. The minimum atomic E-state index is 0.0316. The van der Waals surface area contributed by atoms with Gasteiger partial charge in [-0.25, -0.2) is 4.99 Å². The third-order valence-corrected chi connectivity index (χ3v) is 4.53. The molecular weight excluding hydrogens is 338 g/mol. The molecule has 6 nitrogen and oxygen atoms in total. The second-order valence-electron chi connectivity index (χ2n) is 6.47. The number of anilines is 1. The number of para-hydroxylation sites is 1. The number of hydrogen-bond acceptors (Lipinski definition) is 3. The SMILES string of the molecule is CCNC(=NCC(=O)N1CCCc2ccccc21)NCCc1ccccn1. The normalized spacial score (nSPS) is 13.8. The molecule has 0 atom stereocenters. The Balaban J connectivity index is 1.57. The number of nitrogens with one attached hydrogen (secondary N) is 2. The Morgan fingerprint density at radius 3 is 2.85 bits per heavy atom. The molecule has 1 aromatic carbocycles. The Kier molecular flexibility index (Phi) is 6.79. The fourth-order valence-electron chi connectivity index (χ4n) is 3.22. The predicted molar refractivity (Wildman–Crippen MR) is 109 cm³/mol. The molecule has 0 spiro atoms. The van der Waals surface area contributed by atoms with Crippen molar-refractivity contribution in [1.82, 2.24) is 15.6 Å². The van der Waals surface area contributed by atoms with Crippen LogP contribution in [-0.4, -0.2) is 43.0 Å². The molecule has 2 aromatic rings. The summed E-state index contributed by atoms with van der Waals surface area (Å²) < 4.78 is 0. The van der Waals surface area contributed by atoms with Crippen molar-refractivity contribution in [1.29, 1.82) is 0 Å². The van der Waals surface area contributed by atoms with Gasteiger partial charge in [0.25, 0.3) is 0 Å². The molecule has 6 heteroatoms. The quantitative estimate of drug-likeness (QED) is 0.608. The molecule has 1 amide bonds. The molecule has 0 aliphatic carbocycles. The Hall–Kier alpha value is -2.89. The number of pyridine rings is 1. The molecule has 1 aliphatic heterocycles. The summed E-state index contributed by atoms with van der Waals surface area (Å²) in [5.74, 6) is 0.691. The van der Waals surface area contributed by atoms with Gasteiger partial charge in [0.2, 0.25) is 5.91 Å². The number of aromatic nitrogens is 1. The van der Waals surface area contributed by atoms with Gasteiger partial charge in [-0.15, -0.1) is 0 Å². The maximum absolute atomic E-state index is 12.7. The van der Waals surface area contributed by atoms with Crippen LogP contribution in [-0.2, 0) is 17.6 Å². The lowest BCUT2D eigenvalue weighted by molar-refractivity contribution is -0.117. The van der Waals surface area contributed by atoms with Crippen LogP contribution in [0.5, 0.6) is 0 Å². The van der Waals surface area contributed by atoms with Crippen LogP contribution in [0.25, 0.3) is 0 Å². The smallest absolute Gasteiger partial charge is 0.248 e. The minimum absolute atomic E-state index is 0.0316. The molecule has 2 heterocycles. The highest BCUT2D eigenvalue weighted by Crippen LogP contribution is 2.26. The lowest BCUT2D eigenvalue weighted by Gasteiger charge is -2.29. The van der Waals surface area contributed by atoms with Crippen molar-refractivity contribution < 1.29 is 4.79 Å². The molecule has 3 rings (SSSR count). The van der Waals surface area contributed by atoms with E-state index in [1.54, 1.807) is 6.20 Å². The average Bonchev–Trinajstić information content (AvgIpc) is 2.72. The Morgan fingerprint density at radius 1 is 1.19 bits per heavy atom. The van der Waals surface area contributed by atoms with Crippen LogP contribution < -0.4 is 15.5 Å². The zero-order valence-corrected chi connectivity index (χ0v) is 15.8. The number of rotatable bonds is 6. The van der Waals surface area contributed by atoms with Crippen LogP contribution in [0.1, 0.15) is 24.6 Å². The summed E-state index contributed by atoms with van der Waals surface area (Å²) in [6.07, 6.45) is 4.62. The van der Waals surface area contributed by atoms with Gasteiger partial charge in [-0.3, -0.25) is 9.78 Å². The van der Waals surface area contributed by atoms with Gasteiger partial charge in [0.15, 0.2) is 5.96 Å². The minimum Gasteiger partial charge on any atom is -0.357 e. The number of amides is 1. The van der Waals surface area contributed by atoms with Crippen molar-refractivity contribution in [2.75, 3.05) is 31.1 Å². The maximum Gasteiger partial charge on any atom is 0.248 e. The molecule has 0 bridgehead atoms. The van der Waals surface area contributed by atoms with Crippen LogP contribution in [0.2, 0.25) is 0 Å². The van der Waals surface area contributed by atoms with E-state index in [4.69, 9.17) is 0 Å². The van der Waals surface area contributed by atoms with Gasteiger partial charge in [0.05, 0.1) is 0 Å². The second kappa shape index (κ2) is 9.71. The van der Waals surface area contributed by atoms with Gasteiger partial charge in [-0.1, -0.05) is 24.3 Å². The van der Waals surface area contributed by atoms with E-state index in [2.05, 4.69) is 26.7 Å². The van der Waals surface area contributed by atoms with Crippen molar-refractivity contribution in [3.05, 3.63) is 59.9 Å². The third kappa shape index (κ3) is 5.29. The molecular formula is C21H27N5O. The summed E-state index contributed by atoms with van der Waals surface area (Å²) in [4.78, 5) is 23.4. The lowest BCUT2D eigenvalue weighted by atomic mass is 10.0. The van der Waals surface area contributed by atoms with E-state index in [9.17, 15) is 4.79 Å². The molecule has 0 saturated carbocycles. The van der Waals surface area contributed by atoms with Crippen molar-refractivity contribution in [3.63, 3.8) is 0 Å². The lowest BCUT2D eigenvalue weighted by Crippen LogP contribution is -2.41. The van der Waals surface area contributed by atoms with Crippen LogP contribution in [0.15, 0.2) is 53.7 Å². The molecule has 2 N–H and O–H groups in total. The van der Waals surface area contributed by atoms with Crippen molar-refractivity contribution >= 4 is 17.6 Å². The first-order chi connectivity index (χ1) is 13.3. The fraction of sp³-hybridized carbons (Fsp3) is 0.381. The van der Waals surface area contributed by atoms with Crippen molar-refractivity contribution in [2.45, 2.75) is 26.2 Å². The van der Waals surface area contributed by atoms with E-state index in [0.29, 0.717) is 12.5 Å². The van der Waals surface area contributed by atoms with E-state index in [1.807, 2.05) is 48.2 Å². The van der Waals surface area contributed by atoms with Crippen LogP contribution in [0.3, 0.4) is 0 Å². The Labute approximate surface area is 160 Å². The molecule has 142 valence electrons. The molecule has 1 aliphatic rings. The summed E-state index contributed by atoms with van der Waals surface area (Å²) in [6, 6.07) is 14.0. The number of carbonyl (C=O) groups excluding carboxylic acids is 1. The van der Waals surface area contributed by atoms with Gasteiger partial charge >= 0.3 is 0 Å². The van der Waals surface area contributed by atoms with Crippen LogP contribution >= 0.6 is 0 Å². The highest BCUT2D eigenvalue weighted by atomic mass is 16.2. The predicted octanol–water partition coefficient (Wildman–Crippen LogP) is 2.16. The standard InChI is InChI=1S/C21H27N5O/c1-2-22-21(24-14-12-18-10-5-6-13-23-18)25-16-20(27)26-15-7-9-17-8-3-4-11-19(17)26/h3-6,8,10-11,13H,2,7,9,12,14-16H2,1H3,(H2,22,24,25). The molecule has 0 saturated heterocycles.